The van der Waals surface area contributed by atoms with E-state index in [-0.39, 0.29) is 29.3 Å². The van der Waals surface area contributed by atoms with Crippen LogP contribution in [0.1, 0.15) is 33.1 Å². The van der Waals surface area contributed by atoms with Crippen molar-refractivity contribution in [1.82, 2.24) is 9.62 Å². The molecule has 7 nitrogen and oxygen atoms in total. The largest absolute Gasteiger partial charge is 0.493 e. The molecule has 1 saturated heterocycles. The topological polar surface area (TPSA) is 84.9 Å². The minimum Gasteiger partial charge on any atom is -0.493 e. The molecule has 26 heavy (non-hydrogen) atoms. The van der Waals surface area contributed by atoms with E-state index < -0.39 is 10.0 Å². The zero-order chi connectivity index (χ0) is 19.3. The Balaban J connectivity index is 2.19. The molecule has 0 unspecified atom stereocenters. The zero-order valence-electron chi connectivity index (χ0n) is 15.8. The van der Waals surface area contributed by atoms with Gasteiger partial charge in [0.1, 0.15) is 0 Å². The molecule has 0 spiro atoms. The molecule has 0 radical (unpaired) electrons. The summed E-state index contributed by atoms with van der Waals surface area (Å²) in [5.74, 6) is 0.423. The number of benzene rings is 1. The normalized spacial score (nSPS) is 19.6. The Labute approximate surface area is 155 Å². The van der Waals surface area contributed by atoms with Crippen LogP contribution in [0.2, 0.25) is 0 Å². The molecule has 0 bridgehead atoms. The number of rotatable bonds is 7. The van der Waals surface area contributed by atoms with E-state index in [1.165, 1.54) is 30.7 Å². The first-order valence-electron chi connectivity index (χ1n) is 8.86. The Morgan fingerprint density at radius 2 is 2.00 bits per heavy atom. The fraction of sp³-hybridized carbons (Fsp3) is 0.611. The molecule has 1 heterocycles. The number of ether oxygens (including phenoxy) is 2. The average Bonchev–Trinajstić information content (AvgIpc) is 2.67. The van der Waals surface area contributed by atoms with Gasteiger partial charge >= 0.3 is 0 Å². The van der Waals surface area contributed by atoms with Crippen LogP contribution >= 0.6 is 0 Å². The number of methoxy groups -OCH3 is 2. The maximum Gasteiger partial charge on any atom is 0.243 e. The van der Waals surface area contributed by atoms with E-state index >= 15 is 0 Å². The van der Waals surface area contributed by atoms with Gasteiger partial charge in [-0.1, -0.05) is 6.92 Å². The minimum absolute atomic E-state index is 0.0773. The lowest BCUT2D eigenvalue weighted by molar-refractivity contribution is -0.126. The van der Waals surface area contributed by atoms with Crippen molar-refractivity contribution in [3.8, 4) is 11.5 Å². The van der Waals surface area contributed by atoms with Crippen LogP contribution in [0.5, 0.6) is 11.5 Å². The van der Waals surface area contributed by atoms with E-state index in [2.05, 4.69) is 5.32 Å². The van der Waals surface area contributed by atoms with Gasteiger partial charge in [0.25, 0.3) is 0 Å². The third kappa shape index (κ3) is 4.48. The molecule has 146 valence electrons. The van der Waals surface area contributed by atoms with Crippen molar-refractivity contribution in [1.29, 1.82) is 0 Å². The molecule has 1 fully saturated rings. The molecule has 0 aliphatic carbocycles. The molecule has 2 atom stereocenters. The van der Waals surface area contributed by atoms with Crippen molar-refractivity contribution in [2.75, 3.05) is 27.3 Å². The van der Waals surface area contributed by atoms with E-state index in [0.29, 0.717) is 30.9 Å². The third-order valence-corrected chi connectivity index (χ3v) is 6.61. The van der Waals surface area contributed by atoms with Crippen LogP contribution in [0.25, 0.3) is 0 Å². The van der Waals surface area contributed by atoms with E-state index in [1.54, 1.807) is 6.07 Å². The number of hydrogen-bond acceptors (Lipinski definition) is 5. The summed E-state index contributed by atoms with van der Waals surface area (Å²) in [5, 5.41) is 2.95. The van der Waals surface area contributed by atoms with Crippen LogP contribution < -0.4 is 14.8 Å². The van der Waals surface area contributed by atoms with Gasteiger partial charge in [-0.15, -0.1) is 0 Å². The molecule has 0 aromatic heterocycles. The first kappa shape index (κ1) is 20.5. The fourth-order valence-electron chi connectivity index (χ4n) is 2.96. The molecule has 1 aliphatic heterocycles. The molecular weight excluding hydrogens is 356 g/mol. The number of nitrogens with one attached hydrogen (secondary N) is 1. The lowest BCUT2D eigenvalue weighted by Crippen LogP contribution is -2.46. The second kappa shape index (κ2) is 8.73. The zero-order valence-corrected chi connectivity index (χ0v) is 16.6. The highest BCUT2D eigenvalue weighted by Crippen LogP contribution is 2.32. The summed E-state index contributed by atoms with van der Waals surface area (Å²) in [4.78, 5) is 12.5. The van der Waals surface area contributed by atoms with Gasteiger partial charge in [0.15, 0.2) is 11.5 Å². The summed E-state index contributed by atoms with van der Waals surface area (Å²) in [6.45, 7) is 4.54. The first-order valence-corrected chi connectivity index (χ1v) is 10.3. The highest BCUT2D eigenvalue weighted by molar-refractivity contribution is 7.89. The molecule has 1 N–H and O–H groups in total. The van der Waals surface area contributed by atoms with Gasteiger partial charge in [0, 0.05) is 25.2 Å². The van der Waals surface area contributed by atoms with Crippen molar-refractivity contribution in [2.24, 2.45) is 5.92 Å². The Kier molecular flexibility index (Phi) is 6.88. The lowest BCUT2D eigenvalue weighted by Gasteiger charge is -2.32. The molecular formula is C18H28N2O5S. The molecule has 1 amide bonds. The molecule has 0 saturated carbocycles. The van der Waals surface area contributed by atoms with E-state index in [1.807, 2.05) is 13.8 Å². The molecule has 2 rings (SSSR count). The van der Waals surface area contributed by atoms with Gasteiger partial charge in [-0.25, -0.2) is 8.42 Å². The number of piperidine rings is 1. The third-order valence-electron chi connectivity index (χ3n) is 4.75. The number of amides is 1. The molecule has 1 aromatic carbocycles. The van der Waals surface area contributed by atoms with Crippen LogP contribution in [-0.4, -0.2) is 52.0 Å². The Bertz CT molecular complexity index is 735. The Morgan fingerprint density at radius 3 is 2.62 bits per heavy atom. The van der Waals surface area contributed by atoms with E-state index in [0.717, 1.165) is 6.42 Å². The quantitative estimate of drug-likeness (QED) is 0.777. The van der Waals surface area contributed by atoms with Gasteiger partial charge in [-0.3, -0.25) is 4.79 Å². The summed E-state index contributed by atoms with van der Waals surface area (Å²) < 4.78 is 37.7. The maximum absolute atomic E-state index is 13.0. The predicted molar refractivity (Wildman–Crippen MR) is 98.9 cm³/mol. The van der Waals surface area contributed by atoms with Crippen molar-refractivity contribution in [3.05, 3.63) is 18.2 Å². The summed E-state index contributed by atoms with van der Waals surface area (Å²) in [5.41, 5.74) is 0. The summed E-state index contributed by atoms with van der Waals surface area (Å²) in [6.07, 6.45) is 2.19. The number of carbonyl (C=O) groups is 1. The molecule has 1 aliphatic rings. The summed E-state index contributed by atoms with van der Waals surface area (Å²) in [6, 6.07) is 4.61. The highest BCUT2D eigenvalue weighted by Gasteiger charge is 2.34. The van der Waals surface area contributed by atoms with Crippen molar-refractivity contribution < 1.29 is 22.7 Å². The number of carbonyl (C=O) groups excluding carboxylic acids is 1. The van der Waals surface area contributed by atoms with Crippen LogP contribution in [0.15, 0.2) is 23.1 Å². The molecule has 1 aromatic rings. The Morgan fingerprint density at radius 1 is 1.31 bits per heavy atom. The maximum atomic E-state index is 13.0. The van der Waals surface area contributed by atoms with Crippen LogP contribution in [0.4, 0.5) is 0 Å². The van der Waals surface area contributed by atoms with E-state index in [4.69, 9.17) is 9.47 Å². The van der Waals surface area contributed by atoms with Crippen molar-refractivity contribution in [3.63, 3.8) is 0 Å². The van der Waals surface area contributed by atoms with Crippen LogP contribution in [-0.2, 0) is 14.8 Å². The summed E-state index contributed by atoms with van der Waals surface area (Å²) >= 11 is 0. The smallest absolute Gasteiger partial charge is 0.243 e. The summed E-state index contributed by atoms with van der Waals surface area (Å²) in [7, 11) is -0.742. The van der Waals surface area contributed by atoms with Crippen LogP contribution in [0.3, 0.4) is 0 Å². The van der Waals surface area contributed by atoms with Gasteiger partial charge in [-0.2, -0.15) is 4.31 Å². The van der Waals surface area contributed by atoms with E-state index in [9.17, 15) is 13.2 Å². The first-order chi connectivity index (χ1) is 12.3. The monoisotopic (exact) mass is 384 g/mol. The number of sulfonamides is 1. The molecule has 8 heteroatoms. The second-order valence-electron chi connectivity index (χ2n) is 6.54. The van der Waals surface area contributed by atoms with Crippen molar-refractivity contribution >= 4 is 15.9 Å². The van der Waals surface area contributed by atoms with Gasteiger partial charge < -0.3 is 14.8 Å². The standard InChI is InChI=1S/C18H28N2O5S/c1-5-13(2)19-18(21)14-7-6-10-20(12-14)26(22,23)15-8-9-16(24-3)17(11-15)25-4/h8-9,11,13-14H,5-7,10,12H2,1-4H3,(H,19,21)/t13-,14+/m0/s1. The van der Waals surface area contributed by atoms with Gasteiger partial charge in [-0.05, 0) is 38.3 Å². The van der Waals surface area contributed by atoms with Crippen molar-refractivity contribution in [2.45, 2.75) is 44.0 Å². The number of hydrogen-bond donors (Lipinski definition) is 1. The highest BCUT2D eigenvalue weighted by atomic mass is 32.2. The van der Waals surface area contributed by atoms with Gasteiger partial charge in [0.2, 0.25) is 15.9 Å². The second-order valence-corrected chi connectivity index (χ2v) is 8.47. The predicted octanol–water partition coefficient (Wildman–Crippen LogP) is 2.02. The van der Waals surface area contributed by atoms with Crippen LogP contribution in [0, 0.1) is 5.92 Å². The van der Waals surface area contributed by atoms with Gasteiger partial charge in [0.05, 0.1) is 25.0 Å². The SMILES string of the molecule is CC[C@H](C)NC(=O)[C@@H]1CCCN(S(=O)(=O)c2ccc(OC)c(OC)c2)C1. The lowest BCUT2D eigenvalue weighted by atomic mass is 9.98. The number of nitrogens with zero attached hydrogens (tertiary/aromatic N) is 1. The minimum atomic E-state index is -3.70. The fourth-order valence-corrected chi connectivity index (χ4v) is 4.50. The average molecular weight is 384 g/mol. The Hall–Kier alpha value is -1.80.